The third kappa shape index (κ3) is 5.51. The molecule has 2 heteroatoms. The van der Waals surface area contributed by atoms with Gasteiger partial charge in [0.05, 0.1) is 0 Å². The summed E-state index contributed by atoms with van der Waals surface area (Å²) in [5, 5.41) is 0. The van der Waals surface area contributed by atoms with Crippen LogP contribution in [0.5, 0.6) is 0 Å². The van der Waals surface area contributed by atoms with E-state index < -0.39 is 0 Å². The van der Waals surface area contributed by atoms with Gasteiger partial charge < -0.3 is 4.90 Å². The number of ketones is 1. The maximum atomic E-state index is 12.0. The molecule has 0 amide bonds. The number of hydrogen-bond acceptors (Lipinski definition) is 2. The first-order valence-corrected chi connectivity index (χ1v) is 7.88. The molecule has 2 atom stereocenters. The van der Waals surface area contributed by atoms with E-state index in [-0.39, 0.29) is 0 Å². The van der Waals surface area contributed by atoms with E-state index in [1.807, 2.05) is 0 Å². The van der Waals surface area contributed by atoms with E-state index in [0.717, 1.165) is 38.3 Å². The van der Waals surface area contributed by atoms with Crippen LogP contribution in [0.15, 0.2) is 0 Å². The molecule has 0 spiro atoms. The van der Waals surface area contributed by atoms with E-state index in [9.17, 15) is 4.79 Å². The quantitative estimate of drug-likeness (QED) is 0.612. The summed E-state index contributed by atoms with van der Waals surface area (Å²) in [7, 11) is 2.17. The molecule has 1 fully saturated rings. The molecular formula is C16H31NO. The van der Waals surface area contributed by atoms with Crippen LogP contribution >= 0.6 is 0 Å². The average Bonchev–Trinajstić information content (AvgIpc) is 2.34. The predicted octanol–water partition coefficient (Wildman–Crippen LogP) is 3.89. The zero-order valence-corrected chi connectivity index (χ0v) is 12.6. The lowest BCUT2D eigenvalue weighted by Crippen LogP contribution is -2.35. The van der Waals surface area contributed by atoms with Crippen molar-refractivity contribution in [2.24, 2.45) is 11.8 Å². The van der Waals surface area contributed by atoms with Gasteiger partial charge in [-0.25, -0.2) is 0 Å². The Morgan fingerprint density at radius 1 is 1.22 bits per heavy atom. The molecule has 1 rings (SSSR count). The second kappa shape index (κ2) is 8.68. The lowest BCUT2D eigenvalue weighted by Gasteiger charge is -2.30. The van der Waals surface area contributed by atoms with Gasteiger partial charge in [0, 0.05) is 18.9 Å². The van der Waals surface area contributed by atoms with Crippen molar-refractivity contribution in [2.45, 2.75) is 65.2 Å². The van der Waals surface area contributed by atoms with Crippen molar-refractivity contribution in [3.8, 4) is 0 Å². The molecule has 0 saturated heterocycles. The Bertz CT molecular complexity index is 239. The van der Waals surface area contributed by atoms with Crippen molar-refractivity contribution in [3.63, 3.8) is 0 Å². The number of unbranched alkanes of at least 4 members (excludes halogenated alkanes) is 2. The maximum Gasteiger partial charge on any atom is 0.137 e. The van der Waals surface area contributed by atoms with Crippen molar-refractivity contribution in [1.82, 2.24) is 4.90 Å². The third-order valence-electron chi connectivity index (χ3n) is 4.24. The van der Waals surface area contributed by atoms with Gasteiger partial charge in [0.15, 0.2) is 0 Å². The van der Waals surface area contributed by atoms with Gasteiger partial charge in [-0.1, -0.05) is 39.5 Å². The van der Waals surface area contributed by atoms with E-state index in [1.54, 1.807) is 0 Å². The van der Waals surface area contributed by atoms with E-state index >= 15 is 0 Å². The molecule has 1 saturated carbocycles. The van der Waals surface area contributed by atoms with Crippen LogP contribution in [0.1, 0.15) is 65.2 Å². The van der Waals surface area contributed by atoms with Crippen LogP contribution in [0.4, 0.5) is 0 Å². The second-order valence-corrected chi connectivity index (χ2v) is 6.06. The normalized spacial score (nSPS) is 24.8. The van der Waals surface area contributed by atoms with Crippen molar-refractivity contribution in [2.75, 3.05) is 20.1 Å². The van der Waals surface area contributed by atoms with Crippen molar-refractivity contribution >= 4 is 5.78 Å². The van der Waals surface area contributed by atoms with Crippen LogP contribution in [-0.2, 0) is 4.79 Å². The summed E-state index contributed by atoms with van der Waals surface area (Å²) < 4.78 is 0. The molecule has 0 bridgehead atoms. The van der Waals surface area contributed by atoms with Crippen molar-refractivity contribution < 1.29 is 4.79 Å². The number of rotatable bonds is 8. The second-order valence-electron chi connectivity index (χ2n) is 6.06. The van der Waals surface area contributed by atoms with Crippen molar-refractivity contribution in [1.29, 1.82) is 0 Å². The monoisotopic (exact) mass is 253 g/mol. The Hall–Kier alpha value is -0.370. The summed E-state index contributed by atoms with van der Waals surface area (Å²) in [5.74, 6) is 1.65. The molecule has 1 aliphatic rings. The Balaban J connectivity index is 2.31. The first-order chi connectivity index (χ1) is 8.67. The molecule has 0 aromatic carbocycles. The number of carbonyl (C=O) groups excluding carboxylic acids is 1. The highest BCUT2D eigenvalue weighted by atomic mass is 16.1. The van der Waals surface area contributed by atoms with E-state index in [0.29, 0.717) is 11.7 Å². The highest BCUT2D eigenvalue weighted by Gasteiger charge is 2.28. The summed E-state index contributed by atoms with van der Waals surface area (Å²) in [6, 6.07) is 0. The van der Waals surface area contributed by atoms with Crippen LogP contribution in [0, 0.1) is 11.8 Å². The van der Waals surface area contributed by atoms with Gasteiger partial charge in [-0.2, -0.15) is 0 Å². The van der Waals surface area contributed by atoms with Gasteiger partial charge in [-0.15, -0.1) is 0 Å². The van der Waals surface area contributed by atoms with Crippen molar-refractivity contribution in [3.05, 3.63) is 0 Å². The highest BCUT2D eigenvalue weighted by molar-refractivity contribution is 5.81. The minimum atomic E-state index is 0.321. The number of Topliss-reactive ketones (excluding diaryl/α,β-unsaturated/α-hetero) is 1. The molecule has 2 unspecified atom stereocenters. The SMILES string of the molecule is CCCCCN(C)CC1CC(CCC)CCC1=O. The highest BCUT2D eigenvalue weighted by Crippen LogP contribution is 2.30. The molecule has 0 radical (unpaired) electrons. The van der Waals surface area contributed by atoms with Gasteiger partial charge in [0.25, 0.3) is 0 Å². The van der Waals surface area contributed by atoms with E-state index in [2.05, 4.69) is 25.8 Å². The lowest BCUT2D eigenvalue weighted by atomic mass is 9.78. The molecule has 1 aliphatic carbocycles. The molecular weight excluding hydrogens is 222 g/mol. The number of carbonyl (C=O) groups is 1. The summed E-state index contributed by atoms with van der Waals surface area (Å²) in [4.78, 5) is 14.4. The maximum absolute atomic E-state index is 12.0. The molecule has 2 nitrogen and oxygen atoms in total. The van der Waals surface area contributed by atoms with Crippen LogP contribution in [0.3, 0.4) is 0 Å². The van der Waals surface area contributed by atoms with Crippen LogP contribution in [-0.4, -0.2) is 30.8 Å². The topological polar surface area (TPSA) is 20.3 Å². The third-order valence-corrected chi connectivity index (χ3v) is 4.24. The molecule has 0 heterocycles. The van der Waals surface area contributed by atoms with Crippen LogP contribution in [0.2, 0.25) is 0 Å². The van der Waals surface area contributed by atoms with Crippen LogP contribution < -0.4 is 0 Å². The largest absolute Gasteiger partial charge is 0.306 e. The van der Waals surface area contributed by atoms with Gasteiger partial charge >= 0.3 is 0 Å². The molecule has 106 valence electrons. The number of hydrogen-bond donors (Lipinski definition) is 0. The molecule has 18 heavy (non-hydrogen) atoms. The van der Waals surface area contributed by atoms with Gasteiger partial charge in [0.1, 0.15) is 5.78 Å². The Morgan fingerprint density at radius 3 is 2.67 bits per heavy atom. The van der Waals surface area contributed by atoms with Gasteiger partial charge in [-0.05, 0) is 38.8 Å². The fraction of sp³-hybridized carbons (Fsp3) is 0.938. The van der Waals surface area contributed by atoms with Gasteiger partial charge in [-0.3, -0.25) is 4.79 Å². The first-order valence-electron chi connectivity index (χ1n) is 7.88. The smallest absolute Gasteiger partial charge is 0.137 e. The lowest BCUT2D eigenvalue weighted by molar-refractivity contribution is -0.126. The Morgan fingerprint density at radius 2 is 2.00 bits per heavy atom. The zero-order chi connectivity index (χ0) is 13.4. The summed E-state index contributed by atoms with van der Waals surface area (Å²) in [5.41, 5.74) is 0. The predicted molar refractivity (Wildman–Crippen MR) is 77.8 cm³/mol. The Kier molecular flexibility index (Phi) is 7.57. The molecule has 0 aliphatic heterocycles. The summed E-state index contributed by atoms with van der Waals surface area (Å²) in [6.45, 7) is 6.63. The summed E-state index contributed by atoms with van der Waals surface area (Å²) in [6.07, 6.45) is 9.54. The van der Waals surface area contributed by atoms with Gasteiger partial charge in [0.2, 0.25) is 0 Å². The minimum absolute atomic E-state index is 0.321. The average molecular weight is 253 g/mol. The molecule has 0 N–H and O–H groups in total. The Labute approximate surface area is 113 Å². The zero-order valence-electron chi connectivity index (χ0n) is 12.6. The summed E-state index contributed by atoms with van der Waals surface area (Å²) >= 11 is 0. The van der Waals surface area contributed by atoms with E-state index in [4.69, 9.17) is 0 Å². The first kappa shape index (κ1) is 15.7. The minimum Gasteiger partial charge on any atom is -0.306 e. The van der Waals surface area contributed by atoms with Crippen LogP contribution in [0.25, 0.3) is 0 Å². The fourth-order valence-electron chi connectivity index (χ4n) is 3.15. The standard InChI is InChI=1S/C16H31NO/c1-4-6-7-11-17(3)13-15-12-14(8-5-2)9-10-16(15)18/h14-15H,4-13H2,1-3H3. The van der Waals surface area contributed by atoms with E-state index in [1.165, 1.54) is 32.1 Å². The molecule has 0 aromatic rings. The number of nitrogens with zero attached hydrogens (tertiary/aromatic N) is 1. The fourth-order valence-corrected chi connectivity index (χ4v) is 3.15. The molecule has 0 aromatic heterocycles.